The summed E-state index contributed by atoms with van der Waals surface area (Å²) in [7, 11) is 0. The lowest BCUT2D eigenvalue weighted by atomic mass is 10.1. The molecule has 2 aromatic rings. The van der Waals surface area contributed by atoms with E-state index in [9.17, 15) is 13.2 Å². The molecule has 0 saturated carbocycles. The maximum Gasteiger partial charge on any atom is 0.573 e. The van der Waals surface area contributed by atoms with E-state index in [4.69, 9.17) is 5.11 Å². The smallest absolute Gasteiger partial charge is 0.406 e. The monoisotopic (exact) mass is 269 g/mol. The molecule has 1 aromatic carbocycles. The molecule has 0 atom stereocenters. The molecular weight excluding hydrogens is 259 g/mol. The molecule has 1 heterocycles. The van der Waals surface area contributed by atoms with E-state index in [2.05, 4.69) is 9.72 Å². The third-order valence-corrected chi connectivity index (χ3v) is 2.37. The second-order valence-corrected chi connectivity index (χ2v) is 3.79. The summed E-state index contributed by atoms with van der Waals surface area (Å²) in [6.45, 7) is -0.134. The van der Waals surface area contributed by atoms with Crippen LogP contribution in [0.2, 0.25) is 0 Å². The number of alkyl halides is 3. The number of rotatable bonds is 3. The molecular formula is C13H10F3NO2. The second kappa shape index (κ2) is 5.27. The van der Waals surface area contributed by atoms with Gasteiger partial charge >= 0.3 is 6.36 Å². The Labute approximate surface area is 107 Å². The van der Waals surface area contributed by atoms with Crippen LogP contribution in [-0.2, 0) is 6.61 Å². The molecule has 1 aromatic heterocycles. The van der Waals surface area contributed by atoms with E-state index in [0.717, 1.165) is 0 Å². The van der Waals surface area contributed by atoms with Crippen molar-refractivity contribution >= 4 is 0 Å². The Hall–Kier alpha value is -2.08. The number of halogens is 3. The minimum atomic E-state index is -4.72. The van der Waals surface area contributed by atoms with Gasteiger partial charge in [0.15, 0.2) is 0 Å². The Balaban J connectivity index is 2.27. The molecule has 6 heteroatoms. The first-order valence-electron chi connectivity index (χ1n) is 5.40. The number of hydrogen-bond acceptors (Lipinski definition) is 3. The highest BCUT2D eigenvalue weighted by Gasteiger charge is 2.31. The SMILES string of the molecule is OCc1ccc(-c2cccc(OC(F)(F)F)c2)nc1. The van der Waals surface area contributed by atoms with Gasteiger partial charge < -0.3 is 9.84 Å². The molecule has 0 amide bonds. The molecule has 0 aliphatic carbocycles. The van der Waals surface area contributed by atoms with Crippen molar-refractivity contribution in [3.63, 3.8) is 0 Å². The number of aromatic nitrogens is 1. The van der Waals surface area contributed by atoms with Crippen molar-refractivity contribution in [1.29, 1.82) is 0 Å². The van der Waals surface area contributed by atoms with Crippen LogP contribution in [-0.4, -0.2) is 16.5 Å². The van der Waals surface area contributed by atoms with E-state index in [0.29, 0.717) is 16.8 Å². The van der Waals surface area contributed by atoms with Crippen molar-refractivity contribution in [1.82, 2.24) is 4.98 Å². The van der Waals surface area contributed by atoms with Crippen molar-refractivity contribution in [2.75, 3.05) is 0 Å². The Morgan fingerprint density at radius 2 is 1.95 bits per heavy atom. The average molecular weight is 269 g/mol. The maximum atomic E-state index is 12.1. The van der Waals surface area contributed by atoms with Crippen molar-refractivity contribution in [2.45, 2.75) is 13.0 Å². The fourth-order valence-corrected chi connectivity index (χ4v) is 1.54. The molecule has 0 aliphatic heterocycles. The van der Waals surface area contributed by atoms with Crippen molar-refractivity contribution < 1.29 is 23.0 Å². The van der Waals surface area contributed by atoms with Gasteiger partial charge in [-0.1, -0.05) is 18.2 Å². The Kier molecular flexibility index (Phi) is 3.71. The third-order valence-electron chi connectivity index (χ3n) is 2.37. The van der Waals surface area contributed by atoms with Crippen LogP contribution in [0, 0.1) is 0 Å². The number of aliphatic hydroxyl groups excluding tert-OH is 1. The lowest BCUT2D eigenvalue weighted by Crippen LogP contribution is -2.17. The van der Waals surface area contributed by atoms with Crippen molar-refractivity contribution in [3.05, 3.63) is 48.2 Å². The van der Waals surface area contributed by atoms with Crippen molar-refractivity contribution in [2.24, 2.45) is 0 Å². The number of ether oxygens (including phenoxy) is 1. The van der Waals surface area contributed by atoms with Crippen LogP contribution >= 0.6 is 0 Å². The predicted octanol–water partition coefficient (Wildman–Crippen LogP) is 3.14. The summed E-state index contributed by atoms with van der Waals surface area (Å²) < 4.78 is 40.2. The van der Waals surface area contributed by atoms with Crippen LogP contribution in [0.5, 0.6) is 5.75 Å². The maximum absolute atomic E-state index is 12.1. The highest BCUT2D eigenvalue weighted by molar-refractivity contribution is 5.61. The molecule has 0 saturated heterocycles. The van der Waals surface area contributed by atoms with E-state index < -0.39 is 6.36 Å². The lowest BCUT2D eigenvalue weighted by Gasteiger charge is -2.10. The van der Waals surface area contributed by atoms with Gasteiger partial charge in [0.05, 0.1) is 12.3 Å². The van der Waals surface area contributed by atoms with Gasteiger partial charge in [-0.05, 0) is 23.8 Å². The molecule has 3 nitrogen and oxygen atoms in total. The van der Waals surface area contributed by atoms with E-state index in [-0.39, 0.29) is 12.4 Å². The molecule has 0 unspecified atom stereocenters. The fourth-order valence-electron chi connectivity index (χ4n) is 1.54. The first-order valence-corrected chi connectivity index (χ1v) is 5.40. The van der Waals surface area contributed by atoms with Crippen LogP contribution in [0.25, 0.3) is 11.3 Å². The van der Waals surface area contributed by atoms with Gasteiger partial charge in [0.2, 0.25) is 0 Å². The molecule has 100 valence electrons. The Bertz CT molecular complexity index is 553. The summed E-state index contributed by atoms with van der Waals surface area (Å²) in [4.78, 5) is 4.06. The van der Waals surface area contributed by atoms with Crippen LogP contribution in [0.15, 0.2) is 42.6 Å². The Morgan fingerprint density at radius 1 is 1.16 bits per heavy atom. The molecule has 0 fully saturated rings. The van der Waals surface area contributed by atoms with Crippen molar-refractivity contribution in [3.8, 4) is 17.0 Å². The third kappa shape index (κ3) is 3.69. The molecule has 2 rings (SSSR count). The topological polar surface area (TPSA) is 42.4 Å². The number of hydrogen-bond donors (Lipinski definition) is 1. The van der Waals surface area contributed by atoms with E-state index in [1.54, 1.807) is 18.2 Å². The van der Waals surface area contributed by atoms with Crippen LogP contribution in [0.1, 0.15) is 5.56 Å². The summed E-state index contributed by atoms with van der Waals surface area (Å²) in [5.41, 5.74) is 1.64. The van der Waals surface area contributed by atoms with E-state index in [1.165, 1.54) is 24.4 Å². The van der Waals surface area contributed by atoms with Gasteiger partial charge in [0, 0.05) is 11.8 Å². The summed E-state index contributed by atoms with van der Waals surface area (Å²) >= 11 is 0. The number of nitrogens with zero attached hydrogens (tertiary/aromatic N) is 1. The fraction of sp³-hybridized carbons (Fsp3) is 0.154. The lowest BCUT2D eigenvalue weighted by molar-refractivity contribution is -0.274. The molecule has 0 bridgehead atoms. The summed E-state index contributed by atoms with van der Waals surface area (Å²) in [5.74, 6) is -0.293. The zero-order valence-corrected chi connectivity index (χ0v) is 9.69. The summed E-state index contributed by atoms with van der Waals surface area (Å²) in [5, 5.41) is 8.89. The summed E-state index contributed by atoms with van der Waals surface area (Å²) in [6.07, 6.45) is -3.25. The van der Waals surface area contributed by atoms with Gasteiger partial charge in [0.25, 0.3) is 0 Å². The minimum Gasteiger partial charge on any atom is -0.406 e. The highest BCUT2D eigenvalue weighted by atomic mass is 19.4. The minimum absolute atomic E-state index is 0.134. The molecule has 1 N–H and O–H groups in total. The first kappa shape index (κ1) is 13.4. The van der Waals surface area contributed by atoms with Gasteiger partial charge in [-0.3, -0.25) is 4.98 Å². The largest absolute Gasteiger partial charge is 0.573 e. The van der Waals surface area contributed by atoms with Gasteiger partial charge in [-0.15, -0.1) is 13.2 Å². The van der Waals surface area contributed by atoms with Gasteiger partial charge in [-0.25, -0.2) is 0 Å². The molecule has 19 heavy (non-hydrogen) atoms. The van der Waals surface area contributed by atoms with Crippen LogP contribution in [0.3, 0.4) is 0 Å². The Morgan fingerprint density at radius 3 is 2.53 bits per heavy atom. The van der Waals surface area contributed by atoms with Gasteiger partial charge in [-0.2, -0.15) is 0 Å². The van der Waals surface area contributed by atoms with E-state index in [1.807, 2.05) is 0 Å². The highest BCUT2D eigenvalue weighted by Crippen LogP contribution is 2.27. The summed E-state index contributed by atoms with van der Waals surface area (Å²) in [6, 6.07) is 8.84. The van der Waals surface area contributed by atoms with Gasteiger partial charge in [0.1, 0.15) is 5.75 Å². The number of aliphatic hydroxyl groups is 1. The van der Waals surface area contributed by atoms with Crippen LogP contribution < -0.4 is 4.74 Å². The zero-order chi connectivity index (χ0) is 13.9. The predicted molar refractivity (Wildman–Crippen MR) is 62.3 cm³/mol. The standard InChI is InChI=1S/C13H10F3NO2/c14-13(15,16)19-11-3-1-2-10(6-11)12-5-4-9(8-18)7-17-12/h1-7,18H,8H2. The zero-order valence-electron chi connectivity index (χ0n) is 9.69. The number of benzene rings is 1. The number of pyridine rings is 1. The molecule has 0 radical (unpaired) electrons. The first-order chi connectivity index (χ1) is 8.98. The normalized spacial score (nSPS) is 11.4. The second-order valence-electron chi connectivity index (χ2n) is 3.79. The molecule has 0 aliphatic rings. The van der Waals surface area contributed by atoms with Crippen LogP contribution in [0.4, 0.5) is 13.2 Å². The molecule has 0 spiro atoms. The quantitative estimate of drug-likeness (QED) is 0.930. The average Bonchev–Trinajstić information content (AvgIpc) is 2.37. The van der Waals surface area contributed by atoms with E-state index >= 15 is 0 Å².